The number of carbonyl (C=O) groups excluding carboxylic acids is 1. The summed E-state index contributed by atoms with van der Waals surface area (Å²) >= 11 is 19.2. The van der Waals surface area contributed by atoms with E-state index < -0.39 is 0 Å². The van der Waals surface area contributed by atoms with Crippen LogP contribution in [0.5, 0.6) is 0 Å². The first-order valence-electron chi connectivity index (χ1n) is 10.7. The Morgan fingerprint density at radius 3 is 2.60 bits per heavy atom. The van der Waals surface area contributed by atoms with E-state index in [-0.39, 0.29) is 5.91 Å². The van der Waals surface area contributed by atoms with Gasteiger partial charge in [-0.05, 0) is 48.9 Å². The Labute approximate surface area is 222 Å². The molecule has 4 aromatic rings. The lowest BCUT2D eigenvalue weighted by Crippen LogP contribution is -2.27. The molecular formula is C27H17Cl2N3OS2. The molecule has 2 heterocycles. The van der Waals surface area contributed by atoms with Crippen LogP contribution in [0.1, 0.15) is 22.4 Å². The van der Waals surface area contributed by atoms with E-state index in [4.69, 9.17) is 35.4 Å². The summed E-state index contributed by atoms with van der Waals surface area (Å²) in [5, 5.41) is 11.4. The second-order valence-electron chi connectivity index (χ2n) is 7.98. The average Bonchev–Trinajstić information content (AvgIpc) is 3.27. The number of nitrogens with zero attached hydrogens (tertiary/aromatic N) is 3. The van der Waals surface area contributed by atoms with E-state index in [9.17, 15) is 10.1 Å². The quantitative estimate of drug-likeness (QED) is 0.200. The highest BCUT2D eigenvalue weighted by Gasteiger charge is 2.35. The van der Waals surface area contributed by atoms with Crippen LogP contribution in [0.15, 0.2) is 71.6 Å². The van der Waals surface area contributed by atoms with Gasteiger partial charge in [-0.3, -0.25) is 9.69 Å². The van der Waals surface area contributed by atoms with Gasteiger partial charge in [0, 0.05) is 33.7 Å². The summed E-state index contributed by atoms with van der Waals surface area (Å²) in [4.78, 5) is 15.4. The molecule has 0 saturated carbocycles. The smallest absolute Gasteiger partial charge is 0.270 e. The van der Waals surface area contributed by atoms with E-state index >= 15 is 0 Å². The molecule has 35 heavy (non-hydrogen) atoms. The third-order valence-corrected chi connectivity index (χ3v) is 7.81. The standard InChI is InChI=1S/C27H17Cl2N3OS2/c1-16-21(13-25-26(33)32(27(34)35-25)24-11-10-19(28)12-22(24)29)20-8-4-5-9-23(20)31(16)15-18-7-3-2-6-17(18)14-30/h2-13H,15H2,1H3/b25-13+. The summed E-state index contributed by atoms with van der Waals surface area (Å²) in [7, 11) is 0. The summed E-state index contributed by atoms with van der Waals surface area (Å²) in [5.74, 6) is -0.227. The van der Waals surface area contributed by atoms with Crippen LogP contribution >= 0.6 is 47.2 Å². The molecule has 8 heteroatoms. The van der Waals surface area contributed by atoms with Gasteiger partial charge in [0.1, 0.15) is 0 Å². The lowest BCUT2D eigenvalue weighted by Gasteiger charge is -2.16. The van der Waals surface area contributed by atoms with Gasteiger partial charge in [-0.1, -0.05) is 83.6 Å². The highest BCUT2D eigenvalue weighted by Crippen LogP contribution is 2.41. The Balaban J connectivity index is 1.59. The van der Waals surface area contributed by atoms with Crippen LogP contribution in [-0.4, -0.2) is 14.8 Å². The summed E-state index contributed by atoms with van der Waals surface area (Å²) in [6.45, 7) is 2.57. The predicted octanol–water partition coefficient (Wildman–Crippen LogP) is 7.58. The summed E-state index contributed by atoms with van der Waals surface area (Å²) in [6.07, 6.45) is 1.90. The Morgan fingerprint density at radius 2 is 1.83 bits per heavy atom. The van der Waals surface area contributed by atoms with Gasteiger partial charge < -0.3 is 4.57 Å². The largest absolute Gasteiger partial charge is 0.340 e. The van der Waals surface area contributed by atoms with Crippen molar-refractivity contribution < 1.29 is 4.79 Å². The molecule has 1 aliphatic heterocycles. The van der Waals surface area contributed by atoms with Crippen molar-refractivity contribution >= 4 is 80.1 Å². The molecule has 1 saturated heterocycles. The molecule has 1 amide bonds. The van der Waals surface area contributed by atoms with E-state index in [2.05, 4.69) is 10.6 Å². The van der Waals surface area contributed by atoms with Gasteiger partial charge in [-0.15, -0.1) is 0 Å². The average molecular weight is 534 g/mol. The van der Waals surface area contributed by atoms with Crippen molar-refractivity contribution in [3.8, 4) is 6.07 Å². The number of hydrogen-bond donors (Lipinski definition) is 0. The van der Waals surface area contributed by atoms with E-state index in [0.717, 1.165) is 27.7 Å². The Morgan fingerprint density at radius 1 is 1.09 bits per heavy atom. The Kier molecular flexibility index (Phi) is 6.43. The van der Waals surface area contributed by atoms with Gasteiger partial charge in [-0.25, -0.2) is 0 Å². The number of benzene rings is 3. The molecule has 4 nitrogen and oxygen atoms in total. The second-order valence-corrected chi connectivity index (χ2v) is 10.5. The molecule has 0 unspecified atom stereocenters. The number of rotatable bonds is 4. The van der Waals surface area contributed by atoms with Crippen LogP contribution in [0.3, 0.4) is 0 Å². The Hall–Kier alpha value is -3.08. The zero-order valence-electron chi connectivity index (χ0n) is 18.5. The Bertz CT molecular complexity index is 1600. The third-order valence-electron chi connectivity index (χ3n) is 5.97. The highest BCUT2D eigenvalue weighted by atomic mass is 35.5. The first-order valence-corrected chi connectivity index (χ1v) is 12.7. The van der Waals surface area contributed by atoms with Gasteiger partial charge in [-0.2, -0.15) is 5.26 Å². The number of anilines is 1. The van der Waals surface area contributed by atoms with Gasteiger partial charge in [0.25, 0.3) is 5.91 Å². The van der Waals surface area contributed by atoms with Crippen LogP contribution in [-0.2, 0) is 11.3 Å². The van der Waals surface area contributed by atoms with Gasteiger partial charge in [0.15, 0.2) is 4.32 Å². The van der Waals surface area contributed by atoms with Gasteiger partial charge in [0.2, 0.25) is 0 Å². The number of nitriles is 1. The first-order chi connectivity index (χ1) is 16.9. The van der Waals surface area contributed by atoms with Gasteiger partial charge in [0.05, 0.1) is 27.2 Å². The second kappa shape index (κ2) is 9.52. The molecule has 0 spiro atoms. The molecule has 0 aliphatic carbocycles. The van der Waals surface area contributed by atoms with Crippen molar-refractivity contribution in [3.05, 3.63) is 104 Å². The van der Waals surface area contributed by atoms with E-state index in [1.165, 1.54) is 16.7 Å². The molecule has 1 fully saturated rings. The van der Waals surface area contributed by atoms with E-state index in [1.807, 2.05) is 61.5 Å². The maximum absolute atomic E-state index is 13.4. The lowest BCUT2D eigenvalue weighted by molar-refractivity contribution is -0.113. The third kappa shape index (κ3) is 4.26. The molecule has 0 bridgehead atoms. The molecule has 172 valence electrons. The minimum absolute atomic E-state index is 0.227. The predicted molar refractivity (Wildman–Crippen MR) is 149 cm³/mol. The number of amides is 1. The summed E-state index contributed by atoms with van der Waals surface area (Å²) in [6, 6.07) is 22.9. The van der Waals surface area contributed by atoms with Crippen molar-refractivity contribution in [1.29, 1.82) is 5.26 Å². The molecule has 1 aromatic heterocycles. The fraction of sp³-hybridized carbons (Fsp3) is 0.0741. The molecule has 5 rings (SSSR count). The van der Waals surface area contributed by atoms with Crippen LogP contribution < -0.4 is 4.90 Å². The highest BCUT2D eigenvalue weighted by molar-refractivity contribution is 8.27. The number of thioether (sulfide) groups is 1. The minimum Gasteiger partial charge on any atom is -0.340 e. The van der Waals surface area contributed by atoms with Crippen molar-refractivity contribution in [2.75, 3.05) is 4.90 Å². The maximum Gasteiger partial charge on any atom is 0.270 e. The zero-order valence-corrected chi connectivity index (χ0v) is 21.6. The zero-order chi connectivity index (χ0) is 24.7. The van der Waals surface area contributed by atoms with Crippen molar-refractivity contribution in [2.45, 2.75) is 13.5 Å². The summed E-state index contributed by atoms with van der Waals surface area (Å²) < 4.78 is 2.59. The molecule has 0 atom stereocenters. The first kappa shape index (κ1) is 23.7. The number of carbonyl (C=O) groups is 1. The van der Waals surface area contributed by atoms with Crippen molar-refractivity contribution in [1.82, 2.24) is 4.57 Å². The van der Waals surface area contributed by atoms with E-state index in [1.54, 1.807) is 18.2 Å². The molecule has 0 radical (unpaired) electrons. The van der Waals surface area contributed by atoms with E-state index in [0.29, 0.717) is 37.1 Å². The minimum atomic E-state index is -0.227. The van der Waals surface area contributed by atoms with Crippen molar-refractivity contribution in [2.24, 2.45) is 0 Å². The van der Waals surface area contributed by atoms with Gasteiger partial charge >= 0.3 is 0 Å². The number of hydrogen-bond acceptors (Lipinski definition) is 4. The number of fused-ring (bicyclic) bond motifs is 1. The fourth-order valence-corrected chi connectivity index (χ4v) is 6.01. The maximum atomic E-state index is 13.4. The SMILES string of the molecule is Cc1c(/C=C2/SC(=S)N(c3ccc(Cl)cc3Cl)C2=O)c2ccccc2n1Cc1ccccc1C#N. The topological polar surface area (TPSA) is 49.0 Å². The normalized spacial score (nSPS) is 14.8. The number of halogens is 2. The van der Waals surface area contributed by atoms with Crippen LogP contribution in [0, 0.1) is 18.3 Å². The molecule has 3 aromatic carbocycles. The number of para-hydroxylation sites is 1. The number of aromatic nitrogens is 1. The molecule has 1 aliphatic rings. The molecular weight excluding hydrogens is 517 g/mol. The van der Waals surface area contributed by atoms with Crippen LogP contribution in [0.2, 0.25) is 10.0 Å². The fourth-order valence-electron chi connectivity index (χ4n) is 4.25. The molecule has 0 N–H and O–H groups in total. The van der Waals surface area contributed by atoms with Crippen LogP contribution in [0.25, 0.3) is 17.0 Å². The lowest BCUT2D eigenvalue weighted by atomic mass is 10.1. The summed E-state index contributed by atoms with van der Waals surface area (Å²) in [5.41, 5.74) is 5.06. The van der Waals surface area contributed by atoms with Crippen molar-refractivity contribution in [3.63, 3.8) is 0 Å². The number of thiocarbonyl (C=S) groups is 1. The van der Waals surface area contributed by atoms with Crippen LogP contribution in [0.4, 0.5) is 5.69 Å². The monoisotopic (exact) mass is 533 g/mol.